The summed E-state index contributed by atoms with van der Waals surface area (Å²) in [5.41, 5.74) is 0. The number of carboxylic acids is 1. The zero-order valence-electron chi connectivity index (χ0n) is 20.7. The number of ether oxygens (including phenoxy) is 3. The Morgan fingerprint density at radius 1 is 1.16 bits per heavy atom. The van der Waals surface area contributed by atoms with Crippen molar-refractivity contribution in [3.8, 4) is 0 Å². The Kier molecular flexibility index (Phi) is 9.00. The minimum absolute atomic E-state index is 0.0969. The summed E-state index contributed by atoms with van der Waals surface area (Å²) in [6, 6.07) is 0. The Hall–Kier alpha value is -0.733. The van der Waals surface area contributed by atoms with E-state index in [9.17, 15) is 4.79 Å². The number of aliphatic carboxylic acids is 1. The first kappa shape index (κ1) is 25.9. The lowest BCUT2D eigenvalue weighted by molar-refractivity contribution is -0.198. The van der Waals surface area contributed by atoms with Gasteiger partial charge in [-0.25, -0.2) is 4.79 Å². The quantitative estimate of drug-likeness (QED) is 0.381. The summed E-state index contributed by atoms with van der Waals surface area (Å²) in [6.07, 6.45) is 10.2. The zero-order chi connectivity index (χ0) is 23.4. The maximum Gasteiger partial charge on any atom is 0.327 e. The molecule has 0 aromatic carbocycles. The molecule has 7 heteroatoms. The number of carbonyl (C=O) groups is 1. The molecular weight excluding hydrogens is 424 g/mol. The monoisotopic (exact) mass is 468 g/mol. The summed E-state index contributed by atoms with van der Waals surface area (Å²) in [4.78, 5) is 10.8. The summed E-state index contributed by atoms with van der Waals surface area (Å²) in [5, 5.41) is 9.03. The van der Waals surface area contributed by atoms with Gasteiger partial charge >= 0.3 is 5.97 Å². The van der Waals surface area contributed by atoms with E-state index in [-0.39, 0.29) is 23.5 Å². The molecule has 3 rings (SSSR count). The van der Waals surface area contributed by atoms with E-state index < -0.39 is 14.3 Å². The number of rotatable bonds is 8. The summed E-state index contributed by atoms with van der Waals surface area (Å²) in [6.45, 7) is 13.7. The van der Waals surface area contributed by atoms with Gasteiger partial charge in [0.15, 0.2) is 14.6 Å². The van der Waals surface area contributed by atoms with E-state index in [0.29, 0.717) is 24.4 Å². The van der Waals surface area contributed by atoms with Crippen molar-refractivity contribution in [2.45, 2.75) is 102 Å². The second kappa shape index (κ2) is 11.1. The third-order valence-corrected chi connectivity index (χ3v) is 12.6. The third kappa shape index (κ3) is 6.89. The fourth-order valence-corrected chi connectivity index (χ4v) is 6.00. The fraction of sp³-hybridized carbons (Fsp3) is 0.880. The highest BCUT2D eigenvalue weighted by Crippen LogP contribution is 2.45. The molecule has 2 heterocycles. The van der Waals surface area contributed by atoms with E-state index in [0.717, 1.165) is 58.2 Å². The van der Waals surface area contributed by atoms with Crippen LogP contribution in [0.3, 0.4) is 0 Å². The van der Waals surface area contributed by atoms with Gasteiger partial charge in [-0.2, -0.15) is 0 Å². The van der Waals surface area contributed by atoms with Crippen LogP contribution in [0.4, 0.5) is 0 Å². The maximum absolute atomic E-state index is 10.8. The minimum Gasteiger partial charge on any atom is -0.478 e. The Morgan fingerprint density at radius 2 is 1.94 bits per heavy atom. The number of allylic oxidation sites excluding steroid dienone is 1. The zero-order valence-corrected chi connectivity index (χ0v) is 21.7. The van der Waals surface area contributed by atoms with Crippen LogP contribution < -0.4 is 0 Å². The number of fused-ring (bicyclic) bond motifs is 1. The summed E-state index contributed by atoms with van der Waals surface area (Å²) in [5.74, 6) is 0.221. The average molecular weight is 469 g/mol. The van der Waals surface area contributed by atoms with Crippen molar-refractivity contribution in [3.05, 3.63) is 12.2 Å². The van der Waals surface area contributed by atoms with Gasteiger partial charge in [-0.1, -0.05) is 26.8 Å². The molecule has 2 aliphatic heterocycles. The predicted molar refractivity (Wildman–Crippen MR) is 127 cm³/mol. The highest BCUT2D eigenvalue weighted by atomic mass is 28.4. The minimum atomic E-state index is -1.86. The number of hydrogen-bond donors (Lipinski definition) is 1. The molecule has 184 valence electrons. The molecule has 6 nitrogen and oxygen atoms in total. The van der Waals surface area contributed by atoms with Gasteiger partial charge in [-0.15, -0.1) is 0 Å². The van der Waals surface area contributed by atoms with E-state index in [1.165, 1.54) is 6.08 Å². The number of hydrogen-bond acceptors (Lipinski definition) is 5. The van der Waals surface area contributed by atoms with Crippen LogP contribution in [-0.2, 0) is 23.4 Å². The van der Waals surface area contributed by atoms with Crippen LogP contribution in [0.5, 0.6) is 0 Å². The van der Waals surface area contributed by atoms with Crippen molar-refractivity contribution >= 4 is 14.3 Å². The van der Waals surface area contributed by atoms with Crippen molar-refractivity contribution in [1.29, 1.82) is 0 Å². The third-order valence-electron chi connectivity index (χ3n) is 8.06. The van der Waals surface area contributed by atoms with Crippen LogP contribution in [0.1, 0.15) is 65.7 Å². The summed E-state index contributed by atoms with van der Waals surface area (Å²) in [7, 11) is -1.86. The van der Waals surface area contributed by atoms with E-state index >= 15 is 0 Å². The molecule has 0 bridgehead atoms. The van der Waals surface area contributed by atoms with Crippen LogP contribution in [0.25, 0.3) is 0 Å². The van der Waals surface area contributed by atoms with Gasteiger partial charge < -0.3 is 23.7 Å². The molecule has 0 radical (unpaired) electrons. The normalized spacial score (nSPS) is 34.4. The van der Waals surface area contributed by atoms with Crippen molar-refractivity contribution in [3.63, 3.8) is 0 Å². The van der Waals surface area contributed by atoms with Gasteiger partial charge in [0, 0.05) is 31.6 Å². The molecule has 0 aromatic heterocycles. The fourth-order valence-electron chi connectivity index (χ4n) is 4.96. The molecule has 0 aromatic rings. The Balaban J connectivity index is 1.66. The van der Waals surface area contributed by atoms with Gasteiger partial charge in [-0.3, -0.25) is 0 Å². The van der Waals surface area contributed by atoms with E-state index in [1.807, 2.05) is 0 Å². The molecule has 1 unspecified atom stereocenters. The molecule has 0 amide bonds. The van der Waals surface area contributed by atoms with Crippen molar-refractivity contribution in [2.75, 3.05) is 19.8 Å². The summed E-state index contributed by atoms with van der Waals surface area (Å²) < 4.78 is 25.5. The van der Waals surface area contributed by atoms with Crippen LogP contribution >= 0.6 is 0 Å². The maximum atomic E-state index is 10.8. The molecule has 1 N–H and O–H groups in total. The van der Waals surface area contributed by atoms with Crippen LogP contribution in [0, 0.1) is 17.8 Å². The molecular formula is C25H44O6Si. The lowest BCUT2D eigenvalue weighted by Crippen LogP contribution is -2.44. The topological polar surface area (TPSA) is 74.2 Å². The van der Waals surface area contributed by atoms with Crippen LogP contribution in [-0.4, -0.2) is 57.7 Å². The summed E-state index contributed by atoms with van der Waals surface area (Å²) >= 11 is 0. The van der Waals surface area contributed by atoms with Gasteiger partial charge in [0.2, 0.25) is 0 Å². The molecule has 0 spiro atoms. The van der Waals surface area contributed by atoms with Gasteiger partial charge in [-0.05, 0) is 68.5 Å². The van der Waals surface area contributed by atoms with Crippen molar-refractivity contribution in [1.82, 2.24) is 0 Å². The Morgan fingerprint density at radius 3 is 2.59 bits per heavy atom. The first-order valence-corrected chi connectivity index (χ1v) is 15.4. The van der Waals surface area contributed by atoms with Crippen molar-refractivity contribution in [2.24, 2.45) is 17.8 Å². The highest BCUT2D eigenvalue weighted by molar-refractivity contribution is 6.74. The van der Waals surface area contributed by atoms with E-state index in [2.05, 4.69) is 33.9 Å². The van der Waals surface area contributed by atoms with E-state index in [1.54, 1.807) is 6.08 Å². The molecule has 2 saturated heterocycles. The molecule has 6 atom stereocenters. The average Bonchev–Trinajstić information content (AvgIpc) is 2.90. The van der Waals surface area contributed by atoms with Gasteiger partial charge in [0.05, 0.1) is 18.8 Å². The first-order chi connectivity index (χ1) is 15.1. The molecule has 3 fully saturated rings. The van der Waals surface area contributed by atoms with Crippen molar-refractivity contribution < 1.29 is 28.5 Å². The first-order valence-electron chi connectivity index (χ1n) is 12.5. The second-order valence-electron chi connectivity index (χ2n) is 11.4. The smallest absolute Gasteiger partial charge is 0.327 e. The molecule has 3 aliphatic rings. The highest BCUT2D eigenvalue weighted by Gasteiger charge is 2.48. The largest absolute Gasteiger partial charge is 0.478 e. The van der Waals surface area contributed by atoms with E-state index in [4.69, 9.17) is 23.7 Å². The SMILES string of the molecule is CC(C)(C)[Si](C)(C)OC[C@@H]1[C@H]2CC[C@H](CC=CC(=O)O)CO[C@H]2C[C@H]1OC1CCCCO1. The van der Waals surface area contributed by atoms with Gasteiger partial charge in [0.1, 0.15) is 0 Å². The van der Waals surface area contributed by atoms with Gasteiger partial charge in [0.25, 0.3) is 0 Å². The Labute approximate surface area is 195 Å². The number of carboxylic acid groups (broad SMARTS) is 1. The van der Waals surface area contributed by atoms with Crippen LogP contribution in [0.2, 0.25) is 18.1 Å². The van der Waals surface area contributed by atoms with Crippen LogP contribution in [0.15, 0.2) is 12.2 Å². The molecule has 32 heavy (non-hydrogen) atoms. The second-order valence-corrected chi connectivity index (χ2v) is 16.2. The Bertz CT molecular complexity index is 637. The lowest BCUT2D eigenvalue weighted by Gasteiger charge is -2.38. The lowest BCUT2D eigenvalue weighted by atomic mass is 9.87. The predicted octanol–water partition coefficient (Wildman–Crippen LogP) is 5.38. The molecule has 1 saturated carbocycles. The molecule has 1 aliphatic carbocycles. The standard InChI is InChI=1S/C25H44O6Si/c1-25(2,3)32(4,5)30-17-20-19-13-12-18(9-8-10-23(26)27)16-29-21(19)15-22(20)31-24-11-6-7-14-28-24/h8,10,18-22,24H,6-7,9,11-17H2,1-5H3,(H,26,27)/t18-,19+,20+,21-,22+,24?/m0/s1.